The van der Waals surface area contributed by atoms with Gasteiger partial charge < -0.3 is 4.43 Å². The molecule has 1 nitrogen and oxygen atoms in total. The van der Waals surface area contributed by atoms with Gasteiger partial charge in [0.1, 0.15) is 0 Å². The maximum absolute atomic E-state index is 5.59. The van der Waals surface area contributed by atoms with Crippen LogP contribution in [-0.2, 0) is 4.43 Å². The van der Waals surface area contributed by atoms with E-state index in [0.29, 0.717) is 16.5 Å². The summed E-state index contributed by atoms with van der Waals surface area (Å²) in [5, 5.41) is 0. The van der Waals surface area contributed by atoms with Crippen LogP contribution in [0.5, 0.6) is 0 Å². The van der Waals surface area contributed by atoms with Crippen molar-refractivity contribution < 1.29 is 4.43 Å². The minimum atomic E-state index is -1.90. The van der Waals surface area contributed by atoms with Crippen molar-refractivity contribution in [1.29, 1.82) is 0 Å². The first kappa shape index (κ1) is 10.0. The van der Waals surface area contributed by atoms with Crippen LogP contribution in [0.4, 0.5) is 0 Å². The van der Waals surface area contributed by atoms with Crippen LogP contribution in [0.2, 0.25) is 0 Å². The van der Waals surface area contributed by atoms with Gasteiger partial charge in [-0.1, -0.05) is 0 Å². The van der Waals surface area contributed by atoms with E-state index in [4.69, 9.17) is 39.2 Å². The Morgan fingerprint density at radius 3 is 1.44 bits per heavy atom. The standard InChI is InChI=1S/C4H9Cl3OSi/c1-8-9(2-5,3-6)4-7/h2-4H2,1H3. The van der Waals surface area contributed by atoms with E-state index < -0.39 is 8.32 Å². The Balaban J connectivity index is 3.82. The molecule has 0 aliphatic rings. The summed E-state index contributed by atoms with van der Waals surface area (Å²) in [4.78, 5) is 0. The number of rotatable bonds is 4. The van der Waals surface area contributed by atoms with Gasteiger partial charge in [0, 0.05) is 23.6 Å². The van der Waals surface area contributed by atoms with Gasteiger partial charge in [-0.3, -0.25) is 0 Å². The first-order valence-electron chi connectivity index (χ1n) is 2.47. The summed E-state index contributed by atoms with van der Waals surface area (Å²) in [5.74, 6) is 0. The van der Waals surface area contributed by atoms with Gasteiger partial charge in [0.2, 0.25) is 8.32 Å². The van der Waals surface area contributed by atoms with Crippen molar-refractivity contribution in [3.8, 4) is 0 Å². The fraction of sp³-hybridized carbons (Fsp3) is 1.00. The van der Waals surface area contributed by atoms with Gasteiger partial charge in [-0.15, -0.1) is 34.8 Å². The van der Waals surface area contributed by atoms with Gasteiger partial charge >= 0.3 is 0 Å². The lowest BCUT2D eigenvalue weighted by Gasteiger charge is -2.21. The van der Waals surface area contributed by atoms with Crippen molar-refractivity contribution in [2.45, 2.75) is 0 Å². The van der Waals surface area contributed by atoms with Crippen LogP contribution in [-0.4, -0.2) is 31.9 Å². The SMILES string of the molecule is CO[Si](CCl)(CCl)CCl. The lowest BCUT2D eigenvalue weighted by atomic mass is 11.8. The molecule has 0 aromatic heterocycles. The highest BCUT2D eigenvalue weighted by atomic mass is 35.5. The van der Waals surface area contributed by atoms with Gasteiger partial charge in [0.05, 0.1) is 0 Å². The maximum Gasteiger partial charge on any atom is 0.235 e. The number of halogens is 3. The minimum absolute atomic E-state index is 0.469. The normalized spacial score (nSPS) is 12.0. The minimum Gasteiger partial charge on any atom is -0.416 e. The van der Waals surface area contributed by atoms with Crippen molar-refractivity contribution >= 4 is 43.1 Å². The van der Waals surface area contributed by atoms with Crippen LogP contribution < -0.4 is 0 Å². The van der Waals surface area contributed by atoms with Gasteiger partial charge in [-0.25, -0.2) is 0 Å². The van der Waals surface area contributed by atoms with E-state index in [1.807, 2.05) is 0 Å². The molecular weight excluding hydrogens is 198 g/mol. The summed E-state index contributed by atoms with van der Waals surface area (Å²) in [6.45, 7) is 0. The second-order valence-electron chi connectivity index (χ2n) is 1.79. The molecule has 5 heteroatoms. The molecule has 0 unspecified atom stereocenters. The highest BCUT2D eigenvalue weighted by Crippen LogP contribution is 2.10. The monoisotopic (exact) mass is 206 g/mol. The Bertz CT molecular complexity index is 58.7. The van der Waals surface area contributed by atoms with Crippen molar-refractivity contribution in [1.82, 2.24) is 0 Å². The molecule has 0 heterocycles. The van der Waals surface area contributed by atoms with Crippen LogP contribution in [0, 0.1) is 0 Å². The molecule has 9 heavy (non-hydrogen) atoms. The zero-order valence-electron chi connectivity index (χ0n) is 5.16. The first-order chi connectivity index (χ1) is 4.24. The number of hydrogen-bond acceptors (Lipinski definition) is 1. The average Bonchev–Trinajstić information content (AvgIpc) is 1.95. The second-order valence-corrected chi connectivity index (χ2v) is 7.77. The summed E-state index contributed by atoms with van der Waals surface area (Å²) in [6.07, 6.45) is 0. The van der Waals surface area contributed by atoms with Gasteiger partial charge in [-0.2, -0.15) is 0 Å². The average molecular weight is 208 g/mol. The van der Waals surface area contributed by atoms with Crippen molar-refractivity contribution in [3.05, 3.63) is 0 Å². The van der Waals surface area contributed by atoms with E-state index in [9.17, 15) is 0 Å². The van der Waals surface area contributed by atoms with Crippen LogP contribution in [0.1, 0.15) is 0 Å². The molecule has 0 saturated heterocycles. The highest BCUT2D eigenvalue weighted by Gasteiger charge is 2.30. The zero-order valence-corrected chi connectivity index (χ0v) is 8.43. The molecule has 0 N–H and O–H groups in total. The molecule has 0 aromatic carbocycles. The molecule has 0 bridgehead atoms. The van der Waals surface area contributed by atoms with Crippen LogP contribution in [0.3, 0.4) is 0 Å². The van der Waals surface area contributed by atoms with Crippen molar-refractivity contribution in [2.75, 3.05) is 23.6 Å². The Hall–Kier alpha value is 1.05. The summed E-state index contributed by atoms with van der Waals surface area (Å²) in [5.41, 5.74) is 1.41. The van der Waals surface area contributed by atoms with E-state index in [1.165, 1.54) is 0 Å². The van der Waals surface area contributed by atoms with Gasteiger partial charge in [0.15, 0.2) is 0 Å². The lowest BCUT2D eigenvalue weighted by molar-refractivity contribution is 0.407. The van der Waals surface area contributed by atoms with Crippen molar-refractivity contribution in [2.24, 2.45) is 0 Å². The molecule has 0 spiro atoms. The van der Waals surface area contributed by atoms with E-state index in [0.717, 1.165) is 0 Å². The largest absolute Gasteiger partial charge is 0.416 e. The van der Waals surface area contributed by atoms with Crippen LogP contribution in [0.25, 0.3) is 0 Å². The summed E-state index contributed by atoms with van der Waals surface area (Å²) in [6, 6.07) is 0. The van der Waals surface area contributed by atoms with Crippen LogP contribution >= 0.6 is 34.8 Å². The Morgan fingerprint density at radius 1 is 1.11 bits per heavy atom. The topological polar surface area (TPSA) is 9.23 Å². The Labute approximate surface area is 71.4 Å². The molecular formula is C4H9Cl3OSi. The summed E-state index contributed by atoms with van der Waals surface area (Å²) >= 11 is 16.8. The molecule has 0 amide bonds. The smallest absolute Gasteiger partial charge is 0.235 e. The molecule has 0 fully saturated rings. The second kappa shape index (κ2) is 4.80. The fourth-order valence-electron chi connectivity index (χ4n) is 0.271. The molecule has 0 aliphatic heterocycles. The molecule has 0 aliphatic carbocycles. The quantitative estimate of drug-likeness (QED) is 0.506. The first-order valence-corrected chi connectivity index (χ1v) is 6.61. The zero-order chi connectivity index (χ0) is 7.33. The van der Waals surface area contributed by atoms with E-state index in [1.54, 1.807) is 7.11 Å². The van der Waals surface area contributed by atoms with E-state index >= 15 is 0 Å². The molecule has 0 atom stereocenters. The predicted molar refractivity (Wildman–Crippen MR) is 44.9 cm³/mol. The molecule has 0 aromatic rings. The number of hydrogen-bond donors (Lipinski definition) is 0. The number of alkyl halides is 3. The van der Waals surface area contributed by atoms with Gasteiger partial charge in [-0.05, 0) is 0 Å². The van der Waals surface area contributed by atoms with E-state index in [-0.39, 0.29) is 0 Å². The fourth-order valence-corrected chi connectivity index (χ4v) is 4.37. The molecule has 0 radical (unpaired) electrons. The molecule has 0 rings (SSSR count). The van der Waals surface area contributed by atoms with Crippen LogP contribution in [0.15, 0.2) is 0 Å². The highest BCUT2D eigenvalue weighted by molar-refractivity contribution is 6.89. The Morgan fingerprint density at radius 2 is 1.44 bits per heavy atom. The summed E-state index contributed by atoms with van der Waals surface area (Å²) < 4.78 is 5.13. The third-order valence-corrected chi connectivity index (χ3v) is 7.87. The maximum atomic E-state index is 5.59. The van der Waals surface area contributed by atoms with Gasteiger partial charge in [0.25, 0.3) is 0 Å². The summed E-state index contributed by atoms with van der Waals surface area (Å²) in [7, 11) is -0.285. The molecule has 0 saturated carbocycles. The third-order valence-electron chi connectivity index (χ3n) is 1.16. The van der Waals surface area contributed by atoms with Crippen molar-refractivity contribution in [3.63, 3.8) is 0 Å². The Kier molecular flexibility index (Phi) is 5.36. The lowest BCUT2D eigenvalue weighted by Crippen LogP contribution is -2.45. The molecule has 56 valence electrons. The third kappa shape index (κ3) is 2.64. The predicted octanol–water partition coefficient (Wildman–Crippen LogP) is 1.91. The van der Waals surface area contributed by atoms with E-state index in [2.05, 4.69) is 0 Å².